The van der Waals surface area contributed by atoms with Crippen LogP contribution in [-0.2, 0) is 10.0 Å². The Hall–Kier alpha value is -1.11. The van der Waals surface area contributed by atoms with Gasteiger partial charge in [-0.05, 0) is 51.7 Å². The van der Waals surface area contributed by atoms with Crippen LogP contribution in [0.3, 0.4) is 0 Å². The van der Waals surface area contributed by atoms with Crippen molar-refractivity contribution in [3.8, 4) is 0 Å². The lowest BCUT2D eigenvalue weighted by atomic mass is 10.2. The van der Waals surface area contributed by atoms with Gasteiger partial charge in [0.05, 0.1) is 4.90 Å². The molecule has 0 amide bonds. The van der Waals surface area contributed by atoms with Crippen LogP contribution in [0.2, 0.25) is 0 Å². The van der Waals surface area contributed by atoms with E-state index in [1.54, 1.807) is 19.1 Å². The minimum Gasteiger partial charge on any atom is -0.399 e. The van der Waals surface area contributed by atoms with Crippen LogP contribution in [-0.4, -0.2) is 40.0 Å². The summed E-state index contributed by atoms with van der Waals surface area (Å²) in [6.45, 7) is 4.22. The van der Waals surface area contributed by atoms with Gasteiger partial charge in [-0.25, -0.2) is 13.1 Å². The molecule has 0 radical (unpaired) electrons. The molecule has 0 aliphatic rings. The fourth-order valence-corrected chi connectivity index (χ4v) is 3.35. The van der Waals surface area contributed by atoms with Gasteiger partial charge in [0.2, 0.25) is 10.0 Å². The molecular formula is C12H21N3O2S. The largest absolute Gasteiger partial charge is 0.399 e. The first-order valence-electron chi connectivity index (χ1n) is 5.75. The monoisotopic (exact) mass is 271 g/mol. The molecule has 1 unspecified atom stereocenters. The molecule has 0 aliphatic carbocycles. The molecule has 3 N–H and O–H groups in total. The third-order valence-electron chi connectivity index (χ3n) is 2.48. The van der Waals surface area contributed by atoms with Crippen molar-refractivity contribution in [2.75, 3.05) is 26.4 Å². The number of nitrogens with two attached hydrogens (primary N) is 1. The first-order chi connectivity index (χ1) is 8.22. The zero-order valence-electron chi connectivity index (χ0n) is 11.3. The average molecular weight is 271 g/mol. The molecule has 6 heteroatoms. The van der Waals surface area contributed by atoms with Gasteiger partial charge in [0.15, 0.2) is 0 Å². The van der Waals surface area contributed by atoms with E-state index >= 15 is 0 Å². The number of nitrogens with one attached hydrogen (secondary N) is 1. The maximum atomic E-state index is 12.2. The molecule has 102 valence electrons. The summed E-state index contributed by atoms with van der Waals surface area (Å²) in [6.07, 6.45) is 0. The van der Waals surface area contributed by atoms with E-state index in [1.165, 1.54) is 6.07 Å². The lowest BCUT2D eigenvalue weighted by molar-refractivity contribution is 0.370. The Morgan fingerprint density at radius 2 is 2.00 bits per heavy atom. The molecule has 1 rings (SSSR count). The van der Waals surface area contributed by atoms with Crippen LogP contribution in [0.1, 0.15) is 12.5 Å². The molecule has 1 aromatic rings. The highest BCUT2D eigenvalue weighted by Crippen LogP contribution is 2.17. The number of anilines is 1. The number of nitrogens with zero attached hydrogens (tertiary/aromatic N) is 1. The molecule has 0 spiro atoms. The molecule has 0 saturated heterocycles. The van der Waals surface area contributed by atoms with Gasteiger partial charge in [0.25, 0.3) is 0 Å². The van der Waals surface area contributed by atoms with Gasteiger partial charge in [0, 0.05) is 18.3 Å². The van der Waals surface area contributed by atoms with Crippen LogP contribution in [0.5, 0.6) is 0 Å². The molecule has 0 aromatic heterocycles. The Labute approximate surface area is 109 Å². The third-order valence-corrected chi connectivity index (χ3v) is 4.23. The van der Waals surface area contributed by atoms with E-state index in [0.29, 0.717) is 17.8 Å². The van der Waals surface area contributed by atoms with E-state index in [0.717, 1.165) is 0 Å². The van der Waals surface area contributed by atoms with Crippen molar-refractivity contribution in [3.63, 3.8) is 0 Å². The van der Waals surface area contributed by atoms with Gasteiger partial charge in [-0.15, -0.1) is 0 Å². The number of rotatable bonds is 5. The smallest absolute Gasteiger partial charge is 0.241 e. The zero-order valence-corrected chi connectivity index (χ0v) is 12.1. The molecule has 5 nitrogen and oxygen atoms in total. The van der Waals surface area contributed by atoms with Gasteiger partial charge in [0.1, 0.15) is 0 Å². The molecule has 1 aromatic carbocycles. The number of sulfonamides is 1. The Balaban J connectivity index is 2.93. The Morgan fingerprint density at radius 1 is 1.39 bits per heavy atom. The van der Waals surface area contributed by atoms with Gasteiger partial charge < -0.3 is 10.6 Å². The van der Waals surface area contributed by atoms with Crippen molar-refractivity contribution in [1.82, 2.24) is 9.62 Å². The van der Waals surface area contributed by atoms with E-state index in [9.17, 15) is 8.42 Å². The normalized spacial score (nSPS) is 13.8. The second-order valence-corrected chi connectivity index (χ2v) is 6.49. The predicted octanol–water partition coefficient (Wildman–Crippen LogP) is 0.806. The maximum Gasteiger partial charge on any atom is 0.241 e. The van der Waals surface area contributed by atoms with Crippen LogP contribution in [0.15, 0.2) is 23.1 Å². The van der Waals surface area contributed by atoms with Crippen molar-refractivity contribution in [2.24, 2.45) is 0 Å². The molecule has 18 heavy (non-hydrogen) atoms. The summed E-state index contributed by atoms with van der Waals surface area (Å²) in [5, 5.41) is 0. The zero-order chi connectivity index (χ0) is 13.9. The second-order valence-electron chi connectivity index (χ2n) is 4.81. The molecule has 0 fully saturated rings. The fourth-order valence-electron chi connectivity index (χ4n) is 1.89. The molecular weight excluding hydrogens is 250 g/mol. The summed E-state index contributed by atoms with van der Waals surface area (Å²) >= 11 is 0. The minimum atomic E-state index is -3.48. The van der Waals surface area contributed by atoms with Gasteiger partial charge in [-0.1, -0.05) is 0 Å². The van der Waals surface area contributed by atoms with E-state index in [1.807, 2.05) is 25.9 Å². The van der Waals surface area contributed by atoms with Gasteiger partial charge in [-0.3, -0.25) is 0 Å². The Morgan fingerprint density at radius 3 is 2.50 bits per heavy atom. The van der Waals surface area contributed by atoms with Crippen LogP contribution < -0.4 is 10.5 Å². The molecule has 1 atom stereocenters. The van der Waals surface area contributed by atoms with E-state index in [-0.39, 0.29) is 10.9 Å². The number of likely N-dealkylation sites (N-methyl/N-ethyl adjacent to an activating group) is 1. The first-order valence-corrected chi connectivity index (χ1v) is 7.24. The van der Waals surface area contributed by atoms with Crippen molar-refractivity contribution in [1.29, 1.82) is 0 Å². The predicted molar refractivity (Wildman–Crippen MR) is 73.9 cm³/mol. The summed E-state index contributed by atoms with van der Waals surface area (Å²) in [5.41, 5.74) is 6.83. The van der Waals surface area contributed by atoms with E-state index in [4.69, 9.17) is 5.73 Å². The van der Waals surface area contributed by atoms with Crippen molar-refractivity contribution >= 4 is 15.7 Å². The first kappa shape index (κ1) is 14.9. The number of hydrogen-bond donors (Lipinski definition) is 2. The van der Waals surface area contributed by atoms with Crippen molar-refractivity contribution in [2.45, 2.75) is 24.8 Å². The summed E-state index contributed by atoms with van der Waals surface area (Å²) in [5.74, 6) is 0. The second kappa shape index (κ2) is 5.69. The van der Waals surface area contributed by atoms with E-state index < -0.39 is 10.0 Å². The molecule has 0 aliphatic heterocycles. The summed E-state index contributed by atoms with van der Waals surface area (Å²) in [7, 11) is 0.319. The van der Waals surface area contributed by atoms with Crippen LogP contribution in [0.4, 0.5) is 5.69 Å². The number of hydrogen-bond acceptors (Lipinski definition) is 4. The minimum absolute atomic E-state index is 0.151. The fraction of sp³-hybridized carbons (Fsp3) is 0.500. The van der Waals surface area contributed by atoms with Crippen LogP contribution in [0, 0.1) is 6.92 Å². The van der Waals surface area contributed by atoms with Gasteiger partial charge >= 0.3 is 0 Å². The molecule has 0 saturated carbocycles. The highest BCUT2D eigenvalue weighted by atomic mass is 32.2. The SMILES string of the molecule is Cc1cc(N)ccc1S(=O)(=O)NC(C)CN(C)C. The highest BCUT2D eigenvalue weighted by molar-refractivity contribution is 7.89. The summed E-state index contributed by atoms with van der Waals surface area (Å²) in [6, 6.07) is 4.64. The topological polar surface area (TPSA) is 75.4 Å². The number of nitrogen functional groups attached to an aromatic ring is 1. The summed E-state index contributed by atoms with van der Waals surface area (Å²) in [4.78, 5) is 2.21. The molecule has 0 bridgehead atoms. The Kier molecular flexibility index (Phi) is 4.72. The lowest BCUT2D eigenvalue weighted by Crippen LogP contribution is -2.39. The third kappa shape index (κ3) is 3.97. The quantitative estimate of drug-likeness (QED) is 0.777. The van der Waals surface area contributed by atoms with Crippen molar-refractivity contribution in [3.05, 3.63) is 23.8 Å². The lowest BCUT2D eigenvalue weighted by Gasteiger charge is -2.19. The number of benzene rings is 1. The van der Waals surface area contributed by atoms with Crippen molar-refractivity contribution < 1.29 is 8.42 Å². The van der Waals surface area contributed by atoms with E-state index in [2.05, 4.69) is 4.72 Å². The standard InChI is InChI=1S/C12H21N3O2S/c1-9-7-11(13)5-6-12(9)18(16,17)14-10(2)8-15(3)4/h5-7,10,14H,8,13H2,1-4H3. The summed E-state index contributed by atoms with van der Waals surface area (Å²) < 4.78 is 27.0. The van der Waals surface area contributed by atoms with Gasteiger partial charge in [-0.2, -0.15) is 0 Å². The number of aryl methyl sites for hydroxylation is 1. The Bertz CT molecular complexity index is 512. The van der Waals surface area contributed by atoms with Crippen LogP contribution >= 0.6 is 0 Å². The average Bonchev–Trinajstić information content (AvgIpc) is 2.13. The van der Waals surface area contributed by atoms with Crippen LogP contribution in [0.25, 0.3) is 0 Å². The highest BCUT2D eigenvalue weighted by Gasteiger charge is 2.19. The maximum absolute atomic E-state index is 12.2. The molecule has 0 heterocycles.